The fraction of sp³-hybridized carbons (Fsp3) is 0.143. The maximum Gasteiger partial charge on any atom is 0.270 e. The number of nitrogens with one attached hydrogen (secondary N) is 1. The summed E-state index contributed by atoms with van der Waals surface area (Å²) in [6.07, 6.45) is 1.53. The Morgan fingerprint density at radius 2 is 1.40 bits per heavy atom. The van der Waals surface area contributed by atoms with Gasteiger partial charge in [0.05, 0.1) is 11.4 Å². The minimum Gasteiger partial charge on any atom is -0.484 e. The topological polar surface area (TPSA) is 79.0 Å². The van der Waals surface area contributed by atoms with Gasteiger partial charge in [-0.15, -0.1) is 0 Å². The minimum absolute atomic E-state index is 0.0553. The number of ether oxygens (including phenoxy) is 1. The van der Waals surface area contributed by atoms with Gasteiger partial charge < -0.3 is 10.1 Å². The number of para-hydroxylation sites is 1. The van der Waals surface area contributed by atoms with Gasteiger partial charge in [0.2, 0.25) is 0 Å². The van der Waals surface area contributed by atoms with Crippen LogP contribution in [-0.2, 0) is 14.4 Å². The highest BCUT2D eigenvalue weighted by Crippen LogP contribution is 2.31. The molecule has 4 aromatic carbocycles. The molecular formula is C35H31N3O4S. The molecule has 0 spiro atoms. The van der Waals surface area contributed by atoms with Gasteiger partial charge in [0.15, 0.2) is 11.7 Å². The van der Waals surface area contributed by atoms with Crippen molar-refractivity contribution >= 4 is 58.2 Å². The molecule has 216 valence electrons. The summed E-state index contributed by atoms with van der Waals surface area (Å²) in [7, 11) is 0. The molecule has 1 fully saturated rings. The second-order valence-electron chi connectivity index (χ2n) is 10.4. The first-order valence-corrected chi connectivity index (χ1v) is 14.2. The quantitative estimate of drug-likeness (QED) is 0.148. The third-order valence-electron chi connectivity index (χ3n) is 7.34. The minimum atomic E-state index is -0.527. The summed E-state index contributed by atoms with van der Waals surface area (Å²) < 4.78 is 5.75. The van der Waals surface area contributed by atoms with Crippen LogP contribution in [0.15, 0.2) is 96.6 Å². The molecule has 0 atom stereocenters. The molecule has 1 aliphatic rings. The van der Waals surface area contributed by atoms with Crippen molar-refractivity contribution in [2.45, 2.75) is 27.7 Å². The van der Waals surface area contributed by atoms with Gasteiger partial charge in [-0.05, 0) is 122 Å². The molecule has 0 radical (unpaired) electrons. The Kier molecular flexibility index (Phi) is 8.50. The van der Waals surface area contributed by atoms with Gasteiger partial charge >= 0.3 is 0 Å². The molecule has 0 saturated carbocycles. The summed E-state index contributed by atoms with van der Waals surface area (Å²) in [6, 6.07) is 27.2. The summed E-state index contributed by atoms with van der Waals surface area (Å²) in [6.45, 7) is 7.73. The molecule has 8 heteroatoms. The van der Waals surface area contributed by atoms with E-state index >= 15 is 0 Å². The van der Waals surface area contributed by atoms with E-state index in [2.05, 4.69) is 5.32 Å². The first-order chi connectivity index (χ1) is 20.6. The number of hydrogen-bond donors (Lipinski definition) is 1. The molecule has 0 aliphatic carbocycles. The van der Waals surface area contributed by atoms with E-state index in [0.29, 0.717) is 28.4 Å². The van der Waals surface area contributed by atoms with Crippen LogP contribution in [-0.4, -0.2) is 29.4 Å². The Morgan fingerprint density at radius 3 is 2.07 bits per heavy atom. The van der Waals surface area contributed by atoms with Gasteiger partial charge in [-0.2, -0.15) is 0 Å². The molecule has 0 aromatic heterocycles. The average molecular weight is 590 g/mol. The molecule has 5 rings (SSSR count). The third kappa shape index (κ3) is 6.39. The molecular weight excluding hydrogens is 558 g/mol. The number of hydrogen-bond acceptors (Lipinski definition) is 5. The smallest absolute Gasteiger partial charge is 0.270 e. The number of carbonyl (C=O) groups excluding carboxylic acids is 3. The van der Waals surface area contributed by atoms with E-state index in [4.69, 9.17) is 17.0 Å². The van der Waals surface area contributed by atoms with E-state index in [1.807, 2.05) is 82.3 Å². The van der Waals surface area contributed by atoms with Crippen molar-refractivity contribution in [2.75, 3.05) is 21.7 Å². The zero-order valence-corrected chi connectivity index (χ0v) is 25.2. The first kappa shape index (κ1) is 29.4. The van der Waals surface area contributed by atoms with Gasteiger partial charge in [0.1, 0.15) is 11.3 Å². The zero-order chi connectivity index (χ0) is 30.7. The SMILES string of the molecule is Cc1ccc(NC(=O)COc2cccc(/C=C3\C(=O)N(c4ccccc4)C(=S)N(c4ccc(C)c(C)c4)C3=O)c2)cc1C. The lowest BCUT2D eigenvalue weighted by molar-refractivity contribution is -0.121. The predicted octanol–water partition coefficient (Wildman–Crippen LogP) is 6.69. The van der Waals surface area contributed by atoms with Crippen molar-refractivity contribution in [1.82, 2.24) is 0 Å². The highest BCUT2D eigenvalue weighted by atomic mass is 32.1. The number of benzene rings is 4. The molecule has 43 heavy (non-hydrogen) atoms. The second kappa shape index (κ2) is 12.4. The van der Waals surface area contributed by atoms with Crippen LogP contribution in [0.5, 0.6) is 5.75 Å². The Labute approximate surface area is 256 Å². The van der Waals surface area contributed by atoms with Crippen molar-refractivity contribution in [1.29, 1.82) is 0 Å². The van der Waals surface area contributed by atoms with E-state index in [-0.39, 0.29) is 23.2 Å². The maximum atomic E-state index is 13.9. The van der Waals surface area contributed by atoms with Gasteiger partial charge in [-0.3, -0.25) is 24.2 Å². The van der Waals surface area contributed by atoms with Crippen LogP contribution in [0.1, 0.15) is 27.8 Å². The van der Waals surface area contributed by atoms with E-state index in [1.54, 1.807) is 36.4 Å². The summed E-state index contributed by atoms with van der Waals surface area (Å²) in [5.41, 5.74) is 6.61. The van der Waals surface area contributed by atoms with Crippen LogP contribution in [0, 0.1) is 27.7 Å². The highest BCUT2D eigenvalue weighted by molar-refractivity contribution is 7.81. The Bertz CT molecular complexity index is 1780. The van der Waals surface area contributed by atoms with Gasteiger partial charge in [-0.1, -0.05) is 42.5 Å². The molecule has 0 bridgehead atoms. The second-order valence-corrected chi connectivity index (χ2v) is 10.8. The van der Waals surface area contributed by atoms with E-state index in [0.717, 1.165) is 22.3 Å². The lowest BCUT2D eigenvalue weighted by Crippen LogP contribution is -2.57. The molecule has 7 nitrogen and oxygen atoms in total. The van der Waals surface area contributed by atoms with Crippen LogP contribution >= 0.6 is 12.2 Å². The lowest BCUT2D eigenvalue weighted by Gasteiger charge is -2.36. The monoisotopic (exact) mass is 589 g/mol. The van der Waals surface area contributed by atoms with Gasteiger partial charge in [-0.25, -0.2) is 0 Å². The van der Waals surface area contributed by atoms with Gasteiger partial charge in [0, 0.05) is 5.69 Å². The number of amides is 3. The number of anilines is 3. The van der Waals surface area contributed by atoms with Crippen LogP contribution in [0.25, 0.3) is 6.08 Å². The standard InChI is InChI=1S/C35H31N3O4S/c1-22-13-15-27(17-24(22)3)36-32(39)21-42-30-12-8-9-26(19-30)20-31-33(40)37(28-10-6-5-7-11-28)35(43)38(34(31)41)29-16-14-23(2)25(4)18-29/h5-20H,21H2,1-4H3,(H,36,39)/b31-20+. The van der Waals surface area contributed by atoms with Crippen LogP contribution in [0.4, 0.5) is 17.1 Å². The van der Waals surface area contributed by atoms with Crippen LogP contribution in [0.2, 0.25) is 0 Å². The first-order valence-electron chi connectivity index (χ1n) is 13.8. The average Bonchev–Trinajstić information content (AvgIpc) is 2.99. The molecule has 0 unspecified atom stereocenters. The largest absolute Gasteiger partial charge is 0.484 e. The van der Waals surface area contributed by atoms with E-state index < -0.39 is 11.8 Å². The lowest BCUT2D eigenvalue weighted by atomic mass is 10.0. The summed E-state index contributed by atoms with van der Waals surface area (Å²) in [4.78, 5) is 43.0. The number of rotatable bonds is 7. The maximum absolute atomic E-state index is 13.9. The normalized spacial score (nSPS) is 14.3. The number of nitrogens with zero attached hydrogens (tertiary/aromatic N) is 2. The van der Waals surface area contributed by atoms with Crippen LogP contribution in [0.3, 0.4) is 0 Å². The van der Waals surface area contributed by atoms with Gasteiger partial charge in [0.25, 0.3) is 17.7 Å². The van der Waals surface area contributed by atoms with Crippen LogP contribution < -0.4 is 19.9 Å². The molecule has 1 aliphatic heterocycles. The van der Waals surface area contributed by atoms with Crippen molar-refractivity contribution in [3.05, 3.63) is 124 Å². The zero-order valence-electron chi connectivity index (χ0n) is 24.4. The molecule has 3 amide bonds. The van der Waals surface area contributed by atoms with Crippen molar-refractivity contribution in [2.24, 2.45) is 0 Å². The fourth-order valence-electron chi connectivity index (χ4n) is 4.65. The summed E-state index contributed by atoms with van der Waals surface area (Å²) in [5, 5.41) is 2.91. The highest BCUT2D eigenvalue weighted by Gasteiger charge is 2.41. The number of carbonyl (C=O) groups is 3. The Morgan fingerprint density at radius 1 is 0.744 bits per heavy atom. The van der Waals surface area contributed by atoms with Crippen molar-refractivity contribution in [3.8, 4) is 5.75 Å². The van der Waals surface area contributed by atoms with E-state index in [1.165, 1.54) is 15.9 Å². The third-order valence-corrected chi connectivity index (χ3v) is 7.71. The van der Waals surface area contributed by atoms with E-state index in [9.17, 15) is 14.4 Å². The summed E-state index contributed by atoms with van der Waals surface area (Å²) >= 11 is 5.73. The summed E-state index contributed by atoms with van der Waals surface area (Å²) in [5.74, 6) is -0.938. The number of thiocarbonyl (C=S) groups is 1. The van der Waals surface area contributed by atoms with Crippen molar-refractivity contribution < 1.29 is 19.1 Å². The Balaban J connectivity index is 1.42. The molecule has 4 aromatic rings. The number of aryl methyl sites for hydroxylation is 4. The fourth-order valence-corrected chi connectivity index (χ4v) is 5.03. The molecule has 1 N–H and O–H groups in total. The molecule has 1 heterocycles. The van der Waals surface area contributed by atoms with Crippen molar-refractivity contribution in [3.63, 3.8) is 0 Å². The molecule has 1 saturated heterocycles. The Hall–Kier alpha value is -5.08. The predicted molar refractivity (Wildman–Crippen MR) is 174 cm³/mol.